The number of hydrogen-bond donors (Lipinski definition) is 0. The molecule has 196 valence electrons. The van der Waals surface area contributed by atoms with E-state index in [1.807, 2.05) is 41.8 Å². The Balaban J connectivity index is 1.13. The van der Waals surface area contributed by atoms with Crippen molar-refractivity contribution >= 4 is 17.4 Å². The average Bonchev–Trinajstić information content (AvgIpc) is 3.26. The van der Waals surface area contributed by atoms with E-state index in [1.165, 1.54) is 12.1 Å². The molecule has 0 unspecified atom stereocenters. The summed E-state index contributed by atoms with van der Waals surface area (Å²) in [6.45, 7) is 7.40. The molecule has 1 aromatic carbocycles. The number of piperazine rings is 1. The topological polar surface area (TPSA) is 70.4 Å². The second-order valence-corrected chi connectivity index (χ2v) is 9.71. The largest absolute Gasteiger partial charge is 0.416 e. The van der Waals surface area contributed by atoms with Crippen molar-refractivity contribution in [2.45, 2.75) is 32.9 Å². The molecule has 37 heavy (non-hydrogen) atoms. The van der Waals surface area contributed by atoms with E-state index in [4.69, 9.17) is 0 Å². The number of rotatable bonds is 4. The van der Waals surface area contributed by atoms with Crippen molar-refractivity contribution in [3.05, 3.63) is 59.4 Å². The molecule has 0 bridgehead atoms. The maximum atomic E-state index is 13.2. The van der Waals surface area contributed by atoms with E-state index in [-0.39, 0.29) is 11.8 Å². The molecule has 0 spiro atoms. The van der Waals surface area contributed by atoms with Crippen LogP contribution in [0.2, 0.25) is 0 Å². The van der Waals surface area contributed by atoms with Crippen LogP contribution in [-0.2, 0) is 11.0 Å². The Kier molecular flexibility index (Phi) is 6.78. The van der Waals surface area contributed by atoms with Crippen molar-refractivity contribution in [1.82, 2.24) is 24.9 Å². The zero-order valence-corrected chi connectivity index (χ0v) is 20.9. The van der Waals surface area contributed by atoms with Gasteiger partial charge in [-0.05, 0) is 63.1 Å². The molecule has 2 aliphatic heterocycles. The van der Waals surface area contributed by atoms with Gasteiger partial charge in [0.15, 0.2) is 11.6 Å². The molecule has 1 amide bonds. The molecule has 2 aromatic heterocycles. The molecule has 0 aliphatic carbocycles. The Hall–Kier alpha value is -3.63. The van der Waals surface area contributed by atoms with Crippen LogP contribution in [0.4, 0.5) is 24.7 Å². The zero-order valence-electron chi connectivity index (χ0n) is 20.9. The molecule has 0 N–H and O–H groups in total. The van der Waals surface area contributed by atoms with Gasteiger partial charge in [0.2, 0.25) is 5.91 Å². The van der Waals surface area contributed by atoms with Crippen molar-refractivity contribution < 1.29 is 18.0 Å². The molecule has 0 atom stereocenters. The quantitative estimate of drug-likeness (QED) is 0.528. The highest BCUT2D eigenvalue weighted by Gasteiger charge is 2.33. The summed E-state index contributed by atoms with van der Waals surface area (Å²) in [5, 5.41) is 13.2. The Morgan fingerprint density at radius 3 is 2.14 bits per heavy atom. The highest BCUT2D eigenvalue weighted by Crippen LogP contribution is 2.32. The van der Waals surface area contributed by atoms with E-state index in [0.717, 1.165) is 36.1 Å². The van der Waals surface area contributed by atoms with Crippen LogP contribution in [0.1, 0.15) is 29.8 Å². The highest BCUT2D eigenvalue weighted by molar-refractivity contribution is 5.79. The number of hydrogen-bond acceptors (Lipinski definition) is 6. The summed E-state index contributed by atoms with van der Waals surface area (Å²) in [6.07, 6.45) is -2.91. The predicted octanol–water partition coefficient (Wildman–Crippen LogP) is 3.86. The van der Waals surface area contributed by atoms with Crippen LogP contribution in [0, 0.1) is 19.8 Å². The molecule has 0 radical (unpaired) electrons. The van der Waals surface area contributed by atoms with E-state index in [0.29, 0.717) is 50.8 Å². The Labute approximate surface area is 213 Å². The smallest absolute Gasteiger partial charge is 0.368 e. The first-order chi connectivity index (χ1) is 17.7. The van der Waals surface area contributed by atoms with Gasteiger partial charge in [0.25, 0.3) is 0 Å². The average molecular weight is 514 g/mol. The number of anilines is 2. The van der Waals surface area contributed by atoms with E-state index >= 15 is 0 Å². The number of aromatic nitrogens is 4. The minimum atomic E-state index is -4.37. The number of halogens is 3. The maximum absolute atomic E-state index is 13.2. The van der Waals surface area contributed by atoms with Crippen LogP contribution in [0.25, 0.3) is 5.82 Å². The minimum absolute atomic E-state index is 0.0571. The first-order valence-electron chi connectivity index (χ1n) is 12.5. The van der Waals surface area contributed by atoms with Crippen molar-refractivity contribution in [3.8, 4) is 5.82 Å². The van der Waals surface area contributed by atoms with E-state index < -0.39 is 11.7 Å². The van der Waals surface area contributed by atoms with Crippen LogP contribution in [-0.4, -0.2) is 70.1 Å². The molecule has 3 aromatic rings. The SMILES string of the molecule is Cc1cc(C)n(-c2ccc(N3CCC(C(=O)N4CCN(c5cccc(C(F)(F)F)c5)CC4)CC3)nn2)n1. The number of carbonyl (C=O) groups excluding carboxylic acids is 1. The maximum Gasteiger partial charge on any atom is 0.416 e. The van der Waals surface area contributed by atoms with Crippen LogP contribution < -0.4 is 9.80 Å². The van der Waals surface area contributed by atoms with Crippen LogP contribution in [0.3, 0.4) is 0 Å². The van der Waals surface area contributed by atoms with E-state index in [2.05, 4.69) is 20.2 Å². The second-order valence-electron chi connectivity index (χ2n) is 9.71. The summed E-state index contributed by atoms with van der Waals surface area (Å²) >= 11 is 0. The number of benzene rings is 1. The lowest BCUT2D eigenvalue weighted by molar-refractivity contribution is -0.137. The number of piperidine rings is 1. The highest BCUT2D eigenvalue weighted by atomic mass is 19.4. The van der Waals surface area contributed by atoms with Crippen molar-refractivity contribution in [2.75, 3.05) is 49.1 Å². The molecule has 4 heterocycles. The van der Waals surface area contributed by atoms with Crippen molar-refractivity contribution in [1.29, 1.82) is 0 Å². The monoisotopic (exact) mass is 513 g/mol. The van der Waals surface area contributed by atoms with Crippen molar-refractivity contribution in [3.63, 3.8) is 0 Å². The Morgan fingerprint density at radius 2 is 1.54 bits per heavy atom. The van der Waals surface area contributed by atoms with Gasteiger partial charge < -0.3 is 14.7 Å². The van der Waals surface area contributed by atoms with Gasteiger partial charge in [0.05, 0.1) is 11.3 Å². The van der Waals surface area contributed by atoms with Gasteiger partial charge >= 0.3 is 6.18 Å². The molecule has 2 saturated heterocycles. The summed E-state index contributed by atoms with van der Waals surface area (Å²) in [4.78, 5) is 19.1. The molecular formula is C26H30F3N7O. The van der Waals surface area contributed by atoms with Crippen LogP contribution >= 0.6 is 0 Å². The van der Waals surface area contributed by atoms with Gasteiger partial charge in [0, 0.05) is 56.6 Å². The van der Waals surface area contributed by atoms with Gasteiger partial charge in [-0.25, -0.2) is 4.68 Å². The summed E-state index contributed by atoms with van der Waals surface area (Å²) in [5.41, 5.74) is 1.81. The first kappa shape index (κ1) is 25.0. The standard InChI is InChI=1S/C26H30F3N7O/c1-18-16-19(2)36(32-18)24-7-6-23(30-31-24)34-10-8-20(9-11-34)25(37)35-14-12-33(13-15-35)22-5-3-4-21(17-22)26(27,28)29/h3-7,16-17,20H,8-15H2,1-2H3. The molecule has 8 nitrogen and oxygen atoms in total. The number of carbonyl (C=O) groups is 1. The fourth-order valence-electron chi connectivity index (χ4n) is 5.14. The molecule has 5 rings (SSSR count). The van der Waals surface area contributed by atoms with Gasteiger partial charge in [-0.2, -0.15) is 18.3 Å². The first-order valence-corrected chi connectivity index (χ1v) is 12.5. The van der Waals surface area contributed by atoms with E-state index in [1.54, 1.807) is 10.7 Å². The van der Waals surface area contributed by atoms with Gasteiger partial charge in [-0.3, -0.25) is 4.79 Å². The summed E-state index contributed by atoms with van der Waals surface area (Å²) in [7, 11) is 0. The summed E-state index contributed by atoms with van der Waals surface area (Å²) < 4.78 is 41.0. The van der Waals surface area contributed by atoms with Gasteiger partial charge in [-0.1, -0.05) is 6.07 Å². The lowest BCUT2D eigenvalue weighted by atomic mass is 9.95. The third kappa shape index (κ3) is 5.40. The second kappa shape index (κ2) is 10.0. The predicted molar refractivity (Wildman–Crippen MR) is 134 cm³/mol. The fraction of sp³-hybridized carbons (Fsp3) is 0.462. The molecule has 2 fully saturated rings. The van der Waals surface area contributed by atoms with Gasteiger partial charge in [0.1, 0.15) is 0 Å². The lowest BCUT2D eigenvalue weighted by Gasteiger charge is -2.39. The van der Waals surface area contributed by atoms with Gasteiger partial charge in [-0.15, -0.1) is 10.2 Å². The lowest BCUT2D eigenvalue weighted by Crippen LogP contribution is -2.51. The molecule has 2 aliphatic rings. The fourth-order valence-corrected chi connectivity index (χ4v) is 5.14. The van der Waals surface area contributed by atoms with E-state index in [9.17, 15) is 18.0 Å². The minimum Gasteiger partial charge on any atom is -0.368 e. The Bertz CT molecular complexity index is 1240. The number of nitrogens with zero attached hydrogens (tertiary/aromatic N) is 7. The summed E-state index contributed by atoms with van der Waals surface area (Å²) in [6, 6.07) is 11.2. The Morgan fingerprint density at radius 1 is 0.865 bits per heavy atom. The molecule has 0 saturated carbocycles. The van der Waals surface area contributed by atoms with Crippen LogP contribution in [0.15, 0.2) is 42.5 Å². The van der Waals surface area contributed by atoms with Crippen LogP contribution in [0.5, 0.6) is 0 Å². The molecular weight excluding hydrogens is 483 g/mol. The normalized spacial score (nSPS) is 17.4. The zero-order chi connectivity index (χ0) is 26.2. The number of amides is 1. The third-order valence-corrected chi connectivity index (χ3v) is 7.16. The number of aryl methyl sites for hydroxylation is 2. The third-order valence-electron chi connectivity index (χ3n) is 7.16. The van der Waals surface area contributed by atoms with Crippen molar-refractivity contribution in [2.24, 2.45) is 5.92 Å². The molecule has 11 heteroatoms. The summed E-state index contributed by atoms with van der Waals surface area (Å²) in [5.74, 6) is 1.53. The number of alkyl halides is 3.